The van der Waals surface area contributed by atoms with Gasteiger partial charge in [-0.25, -0.2) is 18.0 Å². The summed E-state index contributed by atoms with van der Waals surface area (Å²) in [5.74, 6) is -0.635. The molecule has 10 heteroatoms. The lowest BCUT2D eigenvalue weighted by molar-refractivity contribution is 0.109. The zero-order valence-electron chi connectivity index (χ0n) is 13.7. The number of carbonyl (C=O) groups excluding carboxylic acids is 1. The van der Waals surface area contributed by atoms with Crippen LogP contribution in [0.2, 0.25) is 0 Å². The molecule has 2 heterocycles. The van der Waals surface area contributed by atoms with E-state index in [0.717, 1.165) is 0 Å². The minimum Gasteiger partial charge on any atom is -0.450 e. The maximum absolute atomic E-state index is 12.9. The molecule has 0 saturated carbocycles. The highest BCUT2D eigenvalue weighted by atomic mass is 32.2. The molecule has 1 aliphatic heterocycles. The zero-order chi connectivity index (χ0) is 18.0. The zero-order valence-corrected chi connectivity index (χ0v) is 14.5. The van der Waals surface area contributed by atoms with Gasteiger partial charge in [-0.3, -0.25) is 4.98 Å². The van der Waals surface area contributed by atoms with Crippen molar-refractivity contribution in [3.05, 3.63) is 28.7 Å². The van der Waals surface area contributed by atoms with Gasteiger partial charge in [-0.1, -0.05) is 0 Å². The van der Waals surface area contributed by atoms with E-state index in [4.69, 9.17) is 9.15 Å². The van der Waals surface area contributed by atoms with Crippen LogP contribution in [0.5, 0.6) is 0 Å². The number of hydrogen-bond donors (Lipinski definition) is 1. The smallest absolute Gasteiger partial charge is 0.417 e. The van der Waals surface area contributed by atoms with Crippen LogP contribution in [0.15, 0.2) is 32.3 Å². The Labute approximate surface area is 144 Å². The number of sulfonamides is 1. The predicted octanol–water partition coefficient (Wildman–Crippen LogP) is 0.974. The molecule has 1 aromatic heterocycles. The van der Waals surface area contributed by atoms with E-state index in [1.54, 1.807) is 6.92 Å². The van der Waals surface area contributed by atoms with Crippen LogP contribution in [0.25, 0.3) is 11.1 Å². The number of benzene rings is 1. The molecule has 1 saturated heterocycles. The number of aromatic amines is 1. The summed E-state index contributed by atoms with van der Waals surface area (Å²) in [6.07, 6.45) is 0.0803. The second-order valence-corrected chi connectivity index (χ2v) is 7.55. The molecule has 1 N–H and O–H groups in total. The van der Waals surface area contributed by atoms with Gasteiger partial charge in [0.05, 0.1) is 17.0 Å². The Hall–Kier alpha value is -2.33. The van der Waals surface area contributed by atoms with Crippen molar-refractivity contribution in [1.82, 2.24) is 14.2 Å². The summed E-state index contributed by atoms with van der Waals surface area (Å²) in [5.41, 5.74) is 0.627. The molecule has 0 aliphatic carbocycles. The summed E-state index contributed by atoms with van der Waals surface area (Å²) in [7, 11) is -3.75. The lowest BCUT2D eigenvalue weighted by Gasteiger charge is -2.21. The van der Waals surface area contributed by atoms with Gasteiger partial charge >= 0.3 is 11.8 Å². The molecule has 0 unspecified atom stereocenters. The summed E-state index contributed by atoms with van der Waals surface area (Å²) in [6, 6.07) is 4.25. The topological polar surface area (TPSA) is 113 Å². The van der Waals surface area contributed by atoms with Gasteiger partial charge in [0.1, 0.15) is 0 Å². The Balaban J connectivity index is 1.81. The highest BCUT2D eigenvalue weighted by Gasteiger charge is 2.29. The molecule has 0 spiro atoms. The third kappa shape index (κ3) is 3.54. The molecular formula is C15H19N3O6S. The first-order valence-corrected chi connectivity index (χ1v) is 9.40. The van der Waals surface area contributed by atoms with E-state index in [0.29, 0.717) is 25.0 Å². The molecule has 1 aromatic carbocycles. The van der Waals surface area contributed by atoms with Crippen molar-refractivity contribution >= 4 is 27.2 Å². The average molecular weight is 369 g/mol. The Bertz CT molecular complexity index is 932. The number of nitrogens with one attached hydrogen (secondary N) is 1. The van der Waals surface area contributed by atoms with Crippen LogP contribution < -0.4 is 5.76 Å². The summed E-state index contributed by atoms with van der Waals surface area (Å²) in [5, 5.41) is 0. The van der Waals surface area contributed by atoms with E-state index >= 15 is 0 Å². The van der Waals surface area contributed by atoms with Crippen LogP contribution in [-0.2, 0) is 14.8 Å². The van der Waals surface area contributed by atoms with Gasteiger partial charge < -0.3 is 14.1 Å². The number of amides is 1. The second kappa shape index (κ2) is 6.89. The molecule has 136 valence electrons. The van der Waals surface area contributed by atoms with Crippen molar-refractivity contribution in [2.75, 3.05) is 32.8 Å². The Morgan fingerprint density at radius 1 is 1.28 bits per heavy atom. The van der Waals surface area contributed by atoms with Crippen molar-refractivity contribution in [3.8, 4) is 0 Å². The predicted molar refractivity (Wildman–Crippen MR) is 88.8 cm³/mol. The molecule has 25 heavy (non-hydrogen) atoms. The van der Waals surface area contributed by atoms with Crippen molar-refractivity contribution < 1.29 is 22.4 Å². The minimum atomic E-state index is -3.75. The first-order chi connectivity index (χ1) is 11.9. The van der Waals surface area contributed by atoms with E-state index in [-0.39, 0.29) is 30.2 Å². The quantitative estimate of drug-likeness (QED) is 0.863. The van der Waals surface area contributed by atoms with E-state index in [1.165, 1.54) is 27.4 Å². The molecule has 1 fully saturated rings. The number of fused-ring (bicyclic) bond motifs is 1. The van der Waals surface area contributed by atoms with Crippen molar-refractivity contribution in [3.63, 3.8) is 0 Å². The van der Waals surface area contributed by atoms with Crippen LogP contribution in [0.1, 0.15) is 13.3 Å². The van der Waals surface area contributed by atoms with Gasteiger partial charge in [0.25, 0.3) is 0 Å². The lowest BCUT2D eigenvalue weighted by atomic mass is 10.3. The van der Waals surface area contributed by atoms with Crippen LogP contribution in [-0.4, -0.2) is 61.5 Å². The highest BCUT2D eigenvalue weighted by molar-refractivity contribution is 7.89. The maximum atomic E-state index is 12.9. The fourth-order valence-electron chi connectivity index (χ4n) is 2.77. The normalized spacial score (nSPS) is 16.8. The van der Waals surface area contributed by atoms with E-state index in [9.17, 15) is 18.0 Å². The monoisotopic (exact) mass is 369 g/mol. The number of nitrogens with zero attached hydrogens (tertiary/aromatic N) is 2. The van der Waals surface area contributed by atoms with Crippen molar-refractivity contribution in [2.45, 2.75) is 18.2 Å². The van der Waals surface area contributed by atoms with E-state index in [1.807, 2.05) is 0 Å². The average Bonchev–Trinajstić information content (AvgIpc) is 2.78. The summed E-state index contributed by atoms with van der Waals surface area (Å²) in [6.45, 7) is 3.18. The molecule has 3 rings (SSSR count). The van der Waals surface area contributed by atoms with Crippen molar-refractivity contribution in [1.29, 1.82) is 0 Å². The number of aromatic nitrogens is 1. The molecule has 0 radical (unpaired) electrons. The summed E-state index contributed by atoms with van der Waals surface area (Å²) in [4.78, 5) is 27.1. The Morgan fingerprint density at radius 2 is 2.08 bits per heavy atom. The largest absolute Gasteiger partial charge is 0.450 e. The number of H-pyrrole nitrogens is 1. The minimum absolute atomic E-state index is 0.0485. The molecule has 0 bridgehead atoms. The van der Waals surface area contributed by atoms with Crippen molar-refractivity contribution in [2.24, 2.45) is 0 Å². The van der Waals surface area contributed by atoms with Gasteiger partial charge in [0.2, 0.25) is 10.0 Å². The maximum Gasteiger partial charge on any atom is 0.417 e. The molecule has 1 amide bonds. The van der Waals surface area contributed by atoms with Gasteiger partial charge in [-0.2, -0.15) is 4.31 Å². The van der Waals surface area contributed by atoms with Crippen LogP contribution in [0.3, 0.4) is 0 Å². The summed E-state index contributed by atoms with van der Waals surface area (Å²) >= 11 is 0. The third-order valence-corrected chi connectivity index (χ3v) is 5.91. The number of rotatable bonds is 3. The number of hydrogen-bond acceptors (Lipinski definition) is 6. The fourth-order valence-corrected chi connectivity index (χ4v) is 4.25. The van der Waals surface area contributed by atoms with Gasteiger partial charge in [0, 0.05) is 32.2 Å². The SMILES string of the molecule is CCOC(=O)N1CCCN(S(=O)(=O)c2ccc3[nH]c(=O)oc3c2)CC1. The van der Waals surface area contributed by atoms with Crippen LogP contribution in [0.4, 0.5) is 4.79 Å². The molecule has 9 nitrogen and oxygen atoms in total. The lowest BCUT2D eigenvalue weighted by Crippen LogP contribution is -2.37. The highest BCUT2D eigenvalue weighted by Crippen LogP contribution is 2.21. The number of carbonyl (C=O) groups is 1. The standard InChI is InChI=1S/C15H19N3O6S/c1-2-23-15(20)17-6-3-7-18(9-8-17)25(21,22)11-4-5-12-13(10-11)24-14(19)16-12/h4-5,10H,2-3,6-9H2,1H3,(H,16,19). The Kier molecular flexibility index (Phi) is 4.82. The van der Waals surface area contributed by atoms with Crippen LogP contribution >= 0.6 is 0 Å². The van der Waals surface area contributed by atoms with E-state index in [2.05, 4.69) is 4.98 Å². The molecule has 2 aromatic rings. The molecule has 0 atom stereocenters. The number of ether oxygens (including phenoxy) is 1. The van der Waals surface area contributed by atoms with Gasteiger partial charge in [-0.05, 0) is 25.5 Å². The summed E-state index contributed by atoms with van der Waals surface area (Å²) < 4.78 is 36.9. The second-order valence-electron chi connectivity index (χ2n) is 5.62. The molecule has 1 aliphatic rings. The van der Waals surface area contributed by atoms with E-state index < -0.39 is 21.9 Å². The van der Waals surface area contributed by atoms with Gasteiger partial charge in [-0.15, -0.1) is 0 Å². The first kappa shape index (κ1) is 17.5. The first-order valence-electron chi connectivity index (χ1n) is 7.96. The fraction of sp³-hybridized carbons (Fsp3) is 0.467. The van der Waals surface area contributed by atoms with Crippen LogP contribution in [0, 0.1) is 0 Å². The third-order valence-electron chi connectivity index (χ3n) is 4.01. The number of oxazole rings is 1. The Morgan fingerprint density at radius 3 is 2.84 bits per heavy atom. The molecular weight excluding hydrogens is 350 g/mol. The van der Waals surface area contributed by atoms with Gasteiger partial charge in [0.15, 0.2) is 5.58 Å².